The van der Waals surface area contributed by atoms with Gasteiger partial charge >= 0.3 is 0 Å². The summed E-state index contributed by atoms with van der Waals surface area (Å²) in [5.41, 5.74) is 9.27. The van der Waals surface area contributed by atoms with Crippen molar-refractivity contribution in [2.24, 2.45) is 5.73 Å². The molecule has 2 unspecified atom stereocenters. The minimum atomic E-state index is -0.0945. The summed E-state index contributed by atoms with van der Waals surface area (Å²) in [6.45, 7) is 12.5. The van der Waals surface area contributed by atoms with Crippen LogP contribution >= 0.6 is 0 Å². The van der Waals surface area contributed by atoms with Crippen LogP contribution in [0.2, 0.25) is 0 Å². The fourth-order valence-corrected chi connectivity index (χ4v) is 3.20. The van der Waals surface area contributed by atoms with Gasteiger partial charge in [-0.2, -0.15) is 0 Å². The normalized spacial score (nSPS) is 20.9. The van der Waals surface area contributed by atoms with Gasteiger partial charge in [-0.25, -0.2) is 0 Å². The van der Waals surface area contributed by atoms with Crippen molar-refractivity contribution in [3.05, 3.63) is 47.6 Å². The fraction of sp³-hybridized carbons (Fsp3) is 0.375. The Bertz CT molecular complexity index is 551. The van der Waals surface area contributed by atoms with E-state index in [1.54, 1.807) is 12.2 Å². The molecule has 1 aromatic rings. The molecule has 0 aromatic carbocycles. The molecule has 0 saturated heterocycles. The largest absolute Gasteiger partial charge is 0.494 e. The molecule has 2 atom stereocenters. The molecule has 4 heteroatoms. The van der Waals surface area contributed by atoms with Gasteiger partial charge in [-0.1, -0.05) is 17.7 Å². The van der Waals surface area contributed by atoms with Gasteiger partial charge < -0.3 is 15.9 Å². The molecular weight excluding hydrogens is 252 g/mol. The maximum Gasteiger partial charge on any atom is 0.198 e. The first-order chi connectivity index (χ1) is 9.49. The van der Waals surface area contributed by atoms with Crippen molar-refractivity contribution in [1.29, 1.82) is 0 Å². The van der Waals surface area contributed by atoms with E-state index >= 15 is 0 Å². The van der Waals surface area contributed by atoms with Crippen molar-refractivity contribution < 1.29 is 10.2 Å². The average Bonchev–Trinajstić information content (AvgIpc) is 2.87. The summed E-state index contributed by atoms with van der Waals surface area (Å²) < 4.78 is 1.46. The summed E-state index contributed by atoms with van der Waals surface area (Å²) in [6, 6.07) is 0. The van der Waals surface area contributed by atoms with Gasteiger partial charge in [-0.15, -0.1) is 13.2 Å². The molecule has 108 valence electrons. The van der Waals surface area contributed by atoms with E-state index in [-0.39, 0.29) is 23.6 Å². The third kappa shape index (κ3) is 1.79. The third-order valence-corrected chi connectivity index (χ3v) is 3.98. The van der Waals surface area contributed by atoms with Crippen LogP contribution in [0, 0.1) is 0 Å². The number of rotatable bonds is 4. The Labute approximate surface area is 119 Å². The number of nitrogens with two attached hydrogens (primary N) is 1. The van der Waals surface area contributed by atoms with Crippen molar-refractivity contribution in [2.75, 3.05) is 6.54 Å². The standard InChI is InChI=1S/C16H22N2O2/c1-5-10-12(9(3)4)11(6-2)14-13(10)15(19)18(8-7-17)16(14)20/h5-6,10-11,19-20H,1-2,7-8,17H2,3-4H3. The first-order valence-corrected chi connectivity index (χ1v) is 6.76. The number of aromatic hydroxyl groups is 2. The Morgan fingerprint density at radius 3 is 1.90 bits per heavy atom. The molecule has 0 amide bonds. The van der Waals surface area contributed by atoms with Crippen LogP contribution in [0.25, 0.3) is 0 Å². The molecule has 0 radical (unpaired) electrons. The van der Waals surface area contributed by atoms with Gasteiger partial charge in [0.15, 0.2) is 11.8 Å². The topological polar surface area (TPSA) is 71.4 Å². The Hall–Kier alpha value is -1.94. The molecule has 1 aliphatic carbocycles. The lowest BCUT2D eigenvalue weighted by atomic mass is 9.90. The molecule has 20 heavy (non-hydrogen) atoms. The number of fused-ring (bicyclic) bond motifs is 1. The minimum absolute atomic E-state index is 0.0796. The molecule has 0 bridgehead atoms. The van der Waals surface area contributed by atoms with Gasteiger partial charge in [-0.05, 0) is 19.4 Å². The predicted molar refractivity (Wildman–Crippen MR) is 81.1 cm³/mol. The van der Waals surface area contributed by atoms with E-state index in [1.807, 2.05) is 13.8 Å². The molecular formula is C16H22N2O2. The summed E-state index contributed by atoms with van der Waals surface area (Å²) in [4.78, 5) is 0. The van der Waals surface area contributed by atoms with Crippen LogP contribution in [0.1, 0.15) is 36.8 Å². The van der Waals surface area contributed by atoms with Crippen LogP contribution in [0.15, 0.2) is 36.5 Å². The van der Waals surface area contributed by atoms with E-state index in [0.717, 1.165) is 22.3 Å². The summed E-state index contributed by atoms with van der Waals surface area (Å²) in [7, 11) is 0. The molecule has 1 aliphatic rings. The zero-order valence-electron chi connectivity index (χ0n) is 12.1. The van der Waals surface area contributed by atoms with Crippen molar-refractivity contribution in [2.45, 2.75) is 32.2 Å². The maximum atomic E-state index is 10.4. The first-order valence-electron chi connectivity index (χ1n) is 6.76. The molecule has 1 aromatic heterocycles. The van der Waals surface area contributed by atoms with Crippen molar-refractivity contribution in [3.63, 3.8) is 0 Å². The fourth-order valence-electron chi connectivity index (χ4n) is 3.20. The average molecular weight is 274 g/mol. The molecule has 4 nitrogen and oxygen atoms in total. The Balaban J connectivity index is 2.75. The van der Waals surface area contributed by atoms with Crippen LogP contribution in [-0.2, 0) is 6.54 Å². The van der Waals surface area contributed by atoms with Gasteiger partial charge in [0.05, 0.1) is 0 Å². The highest BCUT2D eigenvalue weighted by molar-refractivity contribution is 5.64. The Morgan fingerprint density at radius 2 is 1.60 bits per heavy atom. The summed E-state index contributed by atoms with van der Waals surface area (Å²) in [5, 5.41) is 20.8. The quantitative estimate of drug-likeness (QED) is 0.739. The van der Waals surface area contributed by atoms with Gasteiger partial charge in [0.25, 0.3) is 0 Å². The summed E-state index contributed by atoms with van der Waals surface area (Å²) in [6.07, 6.45) is 3.60. The lowest BCUT2D eigenvalue weighted by Gasteiger charge is -2.17. The van der Waals surface area contributed by atoms with Gasteiger partial charge in [0, 0.05) is 36.1 Å². The molecule has 4 N–H and O–H groups in total. The van der Waals surface area contributed by atoms with Crippen LogP contribution in [0.5, 0.6) is 11.8 Å². The van der Waals surface area contributed by atoms with E-state index in [4.69, 9.17) is 5.73 Å². The van der Waals surface area contributed by atoms with Crippen LogP contribution in [0.4, 0.5) is 0 Å². The Kier molecular flexibility index (Phi) is 3.77. The van der Waals surface area contributed by atoms with Crippen LogP contribution in [0.3, 0.4) is 0 Å². The van der Waals surface area contributed by atoms with E-state index < -0.39 is 0 Å². The van der Waals surface area contributed by atoms with E-state index in [0.29, 0.717) is 13.1 Å². The van der Waals surface area contributed by atoms with Crippen LogP contribution in [-0.4, -0.2) is 21.3 Å². The second-order valence-electron chi connectivity index (χ2n) is 5.30. The van der Waals surface area contributed by atoms with Crippen molar-refractivity contribution in [3.8, 4) is 11.8 Å². The number of hydrogen-bond acceptors (Lipinski definition) is 3. The van der Waals surface area contributed by atoms with Gasteiger partial charge in [0.2, 0.25) is 0 Å². The van der Waals surface area contributed by atoms with E-state index in [9.17, 15) is 10.2 Å². The zero-order valence-corrected chi connectivity index (χ0v) is 12.1. The highest BCUT2D eigenvalue weighted by Gasteiger charge is 2.41. The molecule has 1 heterocycles. The predicted octanol–water partition coefficient (Wildman–Crippen LogP) is 2.75. The highest BCUT2D eigenvalue weighted by Crippen LogP contribution is 2.56. The number of nitrogens with zero attached hydrogens (tertiary/aromatic N) is 1. The smallest absolute Gasteiger partial charge is 0.198 e. The zero-order chi connectivity index (χ0) is 15.0. The van der Waals surface area contributed by atoms with Crippen molar-refractivity contribution >= 4 is 0 Å². The highest BCUT2D eigenvalue weighted by atomic mass is 16.3. The third-order valence-electron chi connectivity index (χ3n) is 3.98. The SMILES string of the molecule is C=CC1C(=C(C)C)C(C=C)c2c1c(O)n(CCN)c2O. The van der Waals surface area contributed by atoms with E-state index in [2.05, 4.69) is 13.2 Å². The Morgan fingerprint density at radius 1 is 1.15 bits per heavy atom. The lowest BCUT2D eigenvalue weighted by Crippen LogP contribution is -2.10. The number of hydrogen-bond donors (Lipinski definition) is 3. The molecule has 0 aliphatic heterocycles. The minimum Gasteiger partial charge on any atom is -0.494 e. The van der Waals surface area contributed by atoms with Gasteiger partial charge in [-0.3, -0.25) is 4.57 Å². The van der Waals surface area contributed by atoms with Crippen LogP contribution < -0.4 is 5.73 Å². The van der Waals surface area contributed by atoms with Crippen molar-refractivity contribution in [1.82, 2.24) is 4.57 Å². The maximum absolute atomic E-state index is 10.4. The molecule has 0 saturated carbocycles. The summed E-state index contributed by atoms with van der Waals surface area (Å²) in [5.74, 6) is -0.0299. The second kappa shape index (κ2) is 5.21. The molecule has 0 spiro atoms. The van der Waals surface area contributed by atoms with E-state index in [1.165, 1.54) is 4.57 Å². The molecule has 0 fully saturated rings. The summed E-state index contributed by atoms with van der Waals surface area (Å²) >= 11 is 0. The number of aromatic nitrogens is 1. The first kappa shape index (κ1) is 14.5. The lowest BCUT2D eigenvalue weighted by molar-refractivity contribution is 0.365. The van der Waals surface area contributed by atoms with Gasteiger partial charge in [0.1, 0.15) is 0 Å². The second-order valence-corrected chi connectivity index (χ2v) is 5.30. The monoisotopic (exact) mass is 274 g/mol. The number of allylic oxidation sites excluding steroid dienone is 4. The molecule has 2 rings (SSSR count).